The number of carbonyl (C=O) groups is 1. The summed E-state index contributed by atoms with van der Waals surface area (Å²) >= 11 is 3.41. The number of rotatable bonds is 2. The predicted molar refractivity (Wildman–Crippen MR) is 99.8 cm³/mol. The van der Waals surface area contributed by atoms with Gasteiger partial charge in [-0.1, -0.05) is 78.3 Å². The molecule has 3 rings (SSSR count). The second-order valence-corrected chi connectivity index (χ2v) is 5.62. The third-order valence-electron chi connectivity index (χ3n) is 3.47. The summed E-state index contributed by atoms with van der Waals surface area (Å²) in [4.78, 5) is 12.1. The van der Waals surface area contributed by atoms with E-state index in [0.29, 0.717) is 5.56 Å². The van der Waals surface area contributed by atoms with Crippen molar-refractivity contribution in [2.75, 3.05) is 7.11 Å². The van der Waals surface area contributed by atoms with Gasteiger partial charge in [0.15, 0.2) is 0 Å². The van der Waals surface area contributed by atoms with E-state index >= 15 is 0 Å². The van der Waals surface area contributed by atoms with Gasteiger partial charge in [0, 0.05) is 4.47 Å². The zero-order chi connectivity index (χ0) is 16.8. The first-order valence-corrected chi connectivity index (χ1v) is 8.36. The van der Waals surface area contributed by atoms with Gasteiger partial charge in [-0.3, -0.25) is 0 Å². The van der Waals surface area contributed by atoms with Crippen molar-refractivity contribution in [1.29, 1.82) is 0 Å². The molecular formula is C20H19BrO2. The molecule has 0 saturated carbocycles. The molecule has 0 aromatic heterocycles. The second kappa shape index (κ2) is 7.93. The van der Waals surface area contributed by atoms with E-state index in [1.165, 1.54) is 7.11 Å². The number of esters is 1. The lowest BCUT2D eigenvalue weighted by molar-refractivity contribution is 0.0601. The van der Waals surface area contributed by atoms with Crippen LogP contribution in [0.2, 0.25) is 0 Å². The van der Waals surface area contributed by atoms with E-state index in [9.17, 15) is 4.79 Å². The van der Waals surface area contributed by atoms with Crippen molar-refractivity contribution in [3.8, 4) is 11.1 Å². The molecule has 0 aliphatic rings. The van der Waals surface area contributed by atoms with Crippen molar-refractivity contribution in [2.24, 2.45) is 0 Å². The number of benzene rings is 3. The van der Waals surface area contributed by atoms with Gasteiger partial charge in [0.25, 0.3) is 0 Å². The first-order valence-electron chi connectivity index (χ1n) is 7.56. The van der Waals surface area contributed by atoms with Crippen LogP contribution >= 0.6 is 15.9 Å². The monoisotopic (exact) mass is 370 g/mol. The summed E-state index contributed by atoms with van der Waals surface area (Å²) in [6.07, 6.45) is 0. The molecule has 118 valence electrons. The first kappa shape index (κ1) is 17.2. The van der Waals surface area contributed by atoms with Crippen molar-refractivity contribution < 1.29 is 9.53 Å². The van der Waals surface area contributed by atoms with Crippen LogP contribution in [0.4, 0.5) is 0 Å². The van der Waals surface area contributed by atoms with Crippen LogP contribution < -0.4 is 0 Å². The van der Waals surface area contributed by atoms with Crippen molar-refractivity contribution >= 4 is 32.7 Å². The van der Waals surface area contributed by atoms with E-state index < -0.39 is 0 Å². The van der Waals surface area contributed by atoms with Crippen LogP contribution in [0.15, 0.2) is 65.1 Å². The summed E-state index contributed by atoms with van der Waals surface area (Å²) in [5.41, 5.74) is 2.46. The molecule has 0 aliphatic carbocycles. The minimum atomic E-state index is -0.334. The fourth-order valence-electron chi connectivity index (χ4n) is 2.49. The number of carbonyl (C=O) groups excluding carboxylic acids is 1. The van der Waals surface area contributed by atoms with E-state index in [-0.39, 0.29) is 5.97 Å². The van der Waals surface area contributed by atoms with E-state index in [2.05, 4.69) is 34.1 Å². The van der Waals surface area contributed by atoms with Gasteiger partial charge < -0.3 is 4.74 Å². The molecule has 0 aliphatic heterocycles. The zero-order valence-corrected chi connectivity index (χ0v) is 15.1. The van der Waals surface area contributed by atoms with Crippen molar-refractivity contribution in [3.63, 3.8) is 0 Å². The molecule has 0 radical (unpaired) electrons. The summed E-state index contributed by atoms with van der Waals surface area (Å²) in [5.74, 6) is -0.334. The normalized spacial score (nSPS) is 9.91. The van der Waals surface area contributed by atoms with Crippen LogP contribution in [0.5, 0.6) is 0 Å². The average molecular weight is 371 g/mol. The Balaban J connectivity index is 0.000000924. The quantitative estimate of drug-likeness (QED) is 0.510. The Bertz CT molecular complexity index is 819. The lowest BCUT2D eigenvalue weighted by Gasteiger charge is -2.11. The topological polar surface area (TPSA) is 26.3 Å². The molecule has 0 fully saturated rings. The minimum absolute atomic E-state index is 0.334. The molecule has 3 heteroatoms. The maximum atomic E-state index is 12.1. The van der Waals surface area contributed by atoms with Gasteiger partial charge in [-0.25, -0.2) is 4.79 Å². The highest BCUT2D eigenvalue weighted by Gasteiger charge is 2.15. The largest absolute Gasteiger partial charge is 0.465 e. The number of halogens is 1. The number of methoxy groups -OCH3 is 1. The molecule has 0 heterocycles. The Morgan fingerprint density at radius 3 is 2.35 bits per heavy atom. The van der Waals surface area contributed by atoms with Gasteiger partial charge in [0.1, 0.15) is 0 Å². The van der Waals surface area contributed by atoms with Gasteiger partial charge in [-0.15, -0.1) is 0 Å². The SMILES string of the molecule is CC.COC(=O)c1cc(Br)ccc1-c1cccc2ccccc12. The first-order chi connectivity index (χ1) is 11.2. The van der Waals surface area contributed by atoms with Gasteiger partial charge in [0.05, 0.1) is 12.7 Å². The standard InChI is InChI=1S/C18H13BrO2.C2H6/c1-21-18(20)17-11-13(19)9-10-16(17)15-8-4-6-12-5-2-3-7-14(12)15;1-2/h2-11H,1H3;1-2H3. The van der Waals surface area contributed by atoms with Gasteiger partial charge >= 0.3 is 5.97 Å². The highest BCUT2D eigenvalue weighted by molar-refractivity contribution is 9.10. The maximum Gasteiger partial charge on any atom is 0.338 e. The van der Waals surface area contributed by atoms with Crippen LogP contribution in [-0.2, 0) is 4.74 Å². The zero-order valence-electron chi connectivity index (χ0n) is 13.5. The third kappa shape index (κ3) is 3.62. The average Bonchev–Trinajstić information content (AvgIpc) is 2.62. The molecule has 0 spiro atoms. The van der Waals surface area contributed by atoms with Crippen LogP contribution in [0, 0.1) is 0 Å². The Hall–Kier alpha value is -2.13. The highest BCUT2D eigenvalue weighted by Crippen LogP contribution is 2.32. The predicted octanol–water partition coefficient (Wildman–Crippen LogP) is 6.08. The lowest BCUT2D eigenvalue weighted by atomic mass is 9.95. The Kier molecular flexibility index (Phi) is 5.94. The summed E-state index contributed by atoms with van der Waals surface area (Å²) < 4.78 is 5.76. The summed E-state index contributed by atoms with van der Waals surface area (Å²) in [6, 6.07) is 19.9. The molecule has 3 aromatic carbocycles. The molecule has 0 atom stereocenters. The van der Waals surface area contributed by atoms with Crippen LogP contribution in [0.3, 0.4) is 0 Å². The lowest BCUT2D eigenvalue weighted by Crippen LogP contribution is -2.03. The Morgan fingerprint density at radius 1 is 0.913 bits per heavy atom. The highest BCUT2D eigenvalue weighted by atomic mass is 79.9. The molecule has 23 heavy (non-hydrogen) atoms. The van der Waals surface area contributed by atoms with Crippen LogP contribution in [0.1, 0.15) is 24.2 Å². The fraction of sp³-hybridized carbons (Fsp3) is 0.150. The number of hydrogen-bond acceptors (Lipinski definition) is 2. The third-order valence-corrected chi connectivity index (χ3v) is 3.96. The molecule has 0 amide bonds. The van der Waals surface area contributed by atoms with E-state index in [0.717, 1.165) is 26.4 Å². The maximum absolute atomic E-state index is 12.1. The molecule has 2 nitrogen and oxygen atoms in total. The fourth-order valence-corrected chi connectivity index (χ4v) is 2.85. The second-order valence-electron chi connectivity index (χ2n) is 4.71. The minimum Gasteiger partial charge on any atom is -0.465 e. The molecular weight excluding hydrogens is 352 g/mol. The number of ether oxygens (including phenoxy) is 1. The number of fused-ring (bicyclic) bond motifs is 1. The molecule has 3 aromatic rings. The smallest absolute Gasteiger partial charge is 0.338 e. The van der Waals surface area contributed by atoms with Crippen molar-refractivity contribution in [1.82, 2.24) is 0 Å². The van der Waals surface area contributed by atoms with Gasteiger partial charge in [-0.2, -0.15) is 0 Å². The van der Waals surface area contributed by atoms with Gasteiger partial charge in [0.2, 0.25) is 0 Å². The molecule has 0 unspecified atom stereocenters. The van der Waals surface area contributed by atoms with Crippen molar-refractivity contribution in [3.05, 3.63) is 70.7 Å². The summed E-state index contributed by atoms with van der Waals surface area (Å²) in [6.45, 7) is 4.00. The summed E-state index contributed by atoms with van der Waals surface area (Å²) in [5, 5.41) is 2.27. The summed E-state index contributed by atoms with van der Waals surface area (Å²) in [7, 11) is 1.40. The van der Waals surface area contributed by atoms with E-state index in [1.807, 2.05) is 50.2 Å². The number of hydrogen-bond donors (Lipinski definition) is 0. The van der Waals surface area contributed by atoms with Gasteiger partial charge in [-0.05, 0) is 34.0 Å². The van der Waals surface area contributed by atoms with E-state index in [1.54, 1.807) is 6.07 Å². The molecule has 0 bridgehead atoms. The van der Waals surface area contributed by atoms with E-state index in [4.69, 9.17) is 4.74 Å². The molecule has 0 saturated heterocycles. The van der Waals surface area contributed by atoms with Crippen LogP contribution in [0.25, 0.3) is 21.9 Å². The Labute approximate surface area is 145 Å². The molecule has 0 N–H and O–H groups in total. The Morgan fingerprint density at radius 2 is 1.61 bits per heavy atom. The van der Waals surface area contributed by atoms with Crippen LogP contribution in [-0.4, -0.2) is 13.1 Å². The van der Waals surface area contributed by atoms with Crippen molar-refractivity contribution in [2.45, 2.75) is 13.8 Å².